The number of fused-ring (bicyclic) bond motifs is 1. The molecule has 0 spiro atoms. The van der Waals surface area contributed by atoms with Crippen LogP contribution in [-0.4, -0.2) is 28.9 Å². The van der Waals surface area contributed by atoms with Crippen LogP contribution in [0.15, 0.2) is 30.3 Å². The van der Waals surface area contributed by atoms with Crippen molar-refractivity contribution in [3.8, 4) is 11.3 Å². The average molecular weight is 285 g/mol. The van der Waals surface area contributed by atoms with Crippen LogP contribution in [0.3, 0.4) is 0 Å². The molecule has 3 rings (SSSR count). The number of carbonyl (C=O) groups excluding carboxylic acids is 1. The Bertz CT molecular complexity index is 663. The van der Waals surface area contributed by atoms with Crippen molar-refractivity contribution in [2.24, 2.45) is 5.92 Å². The zero-order chi connectivity index (χ0) is 14.8. The van der Waals surface area contributed by atoms with Crippen molar-refractivity contribution in [2.45, 2.75) is 20.4 Å². The fourth-order valence-corrected chi connectivity index (χ4v) is 2.61. The van der Waals surface area contributed by atoms with Gasteiger partial charge < -0.3 is 10.1 Å². The monoisotopic (exact) mass is 285 g/mol. The maximum Gasteiger partial charge on any atom is 0.312 e. The molecule has 0 saturated heterocycles. The highest BCUT2D eigenvalue weighted by atomic mass is 16.5. The fraction of sp³-hybridized carbons (Fsp3) is 0.375. The Morgan fingerprint density at radius 1 is 1.48 bits per heavy atom. The van der Waals surface area contributed by atoms with Gasteiger partial charge in [0.2, 0.25) is 0 Å². The number of hydrogen-bond acceptors (Lipinski definition) is 4. The lowest BCUT2D eigenvalue weighted by Gasteiger charge is -2.23. The van der Waals surface area contributed by atoms with E-state index >= 15 is 0 Å². The summed E-state index contributed by atoms with van der Waals surface area (Å²) in [5.41, 5.74) is 3.24. The summed E-state index contributed by atoms with van der Waals surface area (Å²) in [7, 11) is 0. The zero-order valence-corrected chi connectivity index (χ0v) is 12.3. The largest absolute Gasteiger partial charge is 0.466 e. The molecular weight excluding hydrogens is 266 g/mol. The number of nitrogens with zero attached hydrogens (tertiary/aromatic N) is 2. The SMILES string of the molecule is CCOC(=O)C1CNc2cc(-c3ccccc3C)nn2C1. The molecule has 110 valence electrons. The predicted octanol–water partition coefficient (Wildman–Crippen LogP) is 2.46. The van der Waals surface area contributed by atoms with E-state index in [1.807, 2.05) is 29.8 Å². The van der Waals surface area contributed by atoms with E-state index < -0.39 is 0 Å². The normalized spacial score (nSPS) is 17.0. The van der Waals surface area contributed by atoms with Crippen molar-refractivity contribution in [1.82, 2.24) is 9.78 Å². The Morgan fingerprint density at radius 3 is 3.05 bits per heavy atom. The molecule has 0 radical (unpaired) electrons. The summed E-state index contributed by atoms with van der Waals surface area (Å²) in [6.45, 7) is 5.47. The highest BCUT2D eigenvalue weighted by Gasteiger charge is 2.27. The Hall–Kier alpha value is -2.30. The molecule has 2 heterocycles. The van der Waals surface area contributed by atoms with Crippen LogP contribution in [0.25, 0.3) is 11.3 Å². The van der Waals surface area contributed by atoms with Gasteiger partial charge in [-0.3, -0.25) is 4.79 Å². The first-order valence-corrected chi connectivity index (χ1v) is 7.23. The Kier molecular flexibility index (Phi) is 3.64. The predicted molar refractivity (Wildman–Crippen MR) is 81.0 cm³/mol. The second-order valence-corrected chi connectivity index (χ2v) is 5.24. The van der Waals surface area contributed by atoms with E-state index in [0.717, 1.165) is 17.1 Å². The second kappa shape index (κ2) is 5.60. The van der Waals surface area contributed by atoms with Crippen molar-refractivity contribution in [3.63, 3.8) is 0 Å². The zero-order valence-electron chi connectivity index (χ0n) is 12.3. The molecule has 1 aromatic carbocycles. The number of benzene rings is 1. The van der Waals surface area contributed by atoms with Crippen LogP contribution in [0.2, 0.25) is 0 Å². The quantitative estimate of drug-likeness (QED) is 0.880. The van der Waals surface area contributed by atoms with Crippen LogP contribution in [0.5, 0.6) is 0 Å². The molecule has 1 unspecified atom stereocenters. The van der Waals surface area contributed by atoms with Gasteiger partial charge in [0.05, 0.1) is 24.8 Å². The number of hydrogen-bond donors (Lipinski definition) is 1. The Morgan fingerprint density at radius 2 is 2.29 bits per heavy atom. The van der Waals surface area contributed by atoms with Gasteiger partial charge in [0.25, 0.3) is 0 Å². The summed E-state index contributed by atoms with van der Waals surface area (Å²) in [6.07, 6.45) is 0. The number of rotatable bonds is 3. The van der Waals surface area contributed by atoms with Gasteiger partial charge in [-0.2, -0.15) is 5.10 Å². The van der Waals surface area contributed by atoms with Crippen LogP contribution in [0.1, 0.15) is 12.5 Å². The highest BCUT2D eigenvalue weighted by Crippen LogP contribution is 2.27. The highest BCUT2D eigenvalue weighted by molar-refractivity contribution is 5.74. The maximum absolute atomic E-state index is 11.8. The van der Waals surface area contributed by atoms with Crippen molar-refractivity contribution >= 4 is 11.8 Å². The van der Waals surface area contributed by atoms with Gasteiger partial charge in [-0.1, -0.05) is 24.3 Å². The van der Waals surface area contributed by atoms with Crippen molar-refractivity contribution in [2.75, 3.05) is 18.5 Å². The van der Waals surface area contributed by atoms with Crippen LogP contribution in [-0.2, 0) is 16.1 Å². The fourth-order valence-electron chi connectivity index (χ4n) is 2.61. The Balaban J connectivity index is 1.85. The number of nitrogens with one attached hydrogen (secondary N) is 1. The summed E-state index contributed by atoms with van der Waals surface area (Å²) in [6, 6.07) is 10.2. The molecular formula is C16H19N3O2. The van der Waals surface area contributed by atoms with E-state index in [4.69, 9.17) is 4.74 Å². The average Bonchev–Trinajstić information content (AvgIpc) is 2.90. The summed E-state index contributed by atoms with van der Waals surface area (Å²) in [5, 5.41) is 7.88. The maximum atomic E-state index is 11.8. The van der Waals surface area contributed by atoms with Crippen molar-refractivity contribution in [3.05, 3.63) is 35.9 Å². The van der Waals surface area contributed by atoms with Crippen LogP contribution < -0.4 is 5.32 Å². The van der Waals surface area contributed by atoms with Gasteiger partial charge in [0.1, 0.15) is 5.82 Å². The summed E-state index contributed by atoms with van der Waals surface area (Å²) >= 11 is 0. The topological polar surface area (TPSA) is 56.1 Å². The third-order valence-electron chi connectivity index (χ3n) is 3.74. The molecule has 1 atom stereocenters. The minimum absolute atomic E-state index is 0.163. The number of anilines is 1. The third-order valence-corrected chi connectivity index (χ3v) is 3.74. The smallest absolute Gasteiger partial charge is 0.312 e. The van der Waals surface area contributed by atoms with E-state index in [1.54, 1.807) is 0 Å². The van der Waals surface area contributed by atoms with Gasteiger partial charge >= 0.3 is 5.97 Å². The molecule has 1 aliphatic heterocycles. The first kappa shape index (κ1) is 13.7. The standard InChI is InChI=1S/C16H19N3O2/c1-3-21-16(20)12-9-17-15-8-14(18-19(15)10-12)13-7-5-4-6-11(13)2/h4-8,12,17H,3,9-10H2,1-2H3. The van der Waals surface area contributed by atoms with Crippen LogP contribution in [0, 0.1) is 12.8 Å². The minimum Gasteiger partial charge on any atom is -0.466 e. The lowest BCUT2D eigenvalue weighted by molar-refractivity contribution is -0.148. The number of aromatic nitrogens is 2. The van der Waals surface area contributed by atoms with Crippen molar-refractivity contribution < 1.29 is 9.53 Å². The van der Waals surface area contributed by atoms with Gasteiger partial charge in [0, 0.05) is 18.2 Å². The van der Waals surface area contributed by atoms with E-state index in [2.05, 4.69) is 29.5 Å². The molecule has 0 fully saturated rings. The van der Waals surface area contributed by atoms with Gasteiger partial charge in [0.15, 0.2) is 0 Å². The lowest BCUT2D eigenvalue weighted by Crippen LogP contribution is -2.34. The number of carbonyl (C=O) groups is 1. The first-order valence-electron chi connectivity index (χ1n) is 7.23. The van der Waals surface area contributed by atoms with Gasteiger partial charge in [-0.15, -0.1) is 0 Å². The van der Waals surface area contributed by atoms with Crippen LogP contribution >= 0.6 is 0 Å². The lowest BCUT2D eigenvalue weighted by atomic mass is 10.1. The molecule has 1 aromatic heterocycles. The van der Waals surface area contributed by atoms with E-state index in [-0.39, 0.29) is 11.9 Å². The molecule has 21 heavy (non-hydrogen) atoms. The van der Waals surface area contributed by atoms with E-state index in [0.29, 0.717) is 19.7 Å². The summed E-state index contributed by atoms with van der Waals surface area (Å²) in [5.74, 6) is 0.611. The number of esters is 1. The molecule has 0 bridgehead atoms. The summed E-state index contributed by atoms with van der Waals surface area (Å²) in [4.78, 5) is 11.8. The molecule has 0 amide bonds. The van der Waals surface area contributed by atoms with Gasteiger partial charge in [-0.25, -0.2) is 4.68 Å². The van der Waals surface area contributed by atoms with E-state index in [1.165, 1.54) is 5.56 Å². The number of ether oxygens (including phenoxy) is 1. The molecule has 0 aliphatic carbocycles. The Labute approximate surface area is 123 Å². The van der Waals surface area contributed by atoms with Crippen molar-refractivity contribution in [1.29, 1.82) is 0 Å². The van der Waals surface area contributed by atoms with E-state index in [9.17, 15) is 4.79 Å². The molecule has 0 saturated carbocycles. The molecule has 2 aromatic rings. The number of aryl methyl sites for hydroxylation is 1. The first-order chi connectivity index (χ1) is 10.2. The molecule has 5 nitrogen and oxygen atoms in total. The van der Waals surface area contributed by atoms with Gasteiger partial charge in [-0.05, 0) is 19.4 Å². The van der Waals surface area contributed by atoms with Crippen LogP contribution in [0.4, 0.5) is 5.82 Å². The molecule has 1 aliphatic rings. The minimum atomic E-state index is -0.179. The summed E-state index contributed by atoms with van der Waals surface area (Å²) < 4.78 is 6.94. The third kappa shape index (κ3) is 2.63. The second-order valence-electron chi connectivity index (χ2n) is 5.24. The molecule has 1 N–H and O–H groups in total. The molecule has 5 heteroatoms.